The highest BCUT2D eigenvalue weighted by atomic mass is 16.5. The van der Waals surface area contributed by atoms with Gasteiger partial charge in [0.25, 0.3) is 17.7 Å². The van der Waals surface area contributed by atoms with E-state index >= 15 is 0 Å². The van der Waals surface area contributed by atoms with Gasteiger partial charge in [-0.3, -0.25) is 19.3 Å². The van der Waals surface area contributed by atoms with Gasteiger partial charge in [-0.05, 0) is 55.5 Å². The number of rotatable bonds is 5. The van der Waals surface area contributed by atoms with Gasteiger partial charge in [0.05, 0.1) is 30.3 Å². The van der Waals surface area contributed by atoms with Crippen molar-refractivity contribution in [3.63, 3.8) is 0 Å². The Bertz CT molecular complexity index is 965. The lowest BCUT2D eigenvalue weighted by Gasteiger charge is -2.35. The van der Waals surface area contributed by atoms with E-state index < -0.39 is 0 Å². The predicted octanol–water partition coefficient (Wildman–Crippen LogP) is 3.90. The number of methoxy groups -OCH3 is 1. The lowest BCUT2D eigenvalue weighted by Crippen LogP contribution is -2.43. The summed E-state index contributed by atoms with van der Waals surface area (Å²) < 4.78 is 5.45. The average molecular weight is 406 g/mol. The minimum Gasteiger partial charge on any atom is -0.496 e. The molecule has 2 aromatic rings. The number of hydrogen-bond donors (Lipinski definition) is 0. The second kappa shape index (κ2) is 8.30. The summed E-state index contributed by atoms with van der Waals surface area (Å²) in [6.07, 6.45) is 4.07. The van der Waals surface area contributed by atoms with E-state index in [4.69, 9.17) is 4.74 Å². The van der Waals surface area contributed by atoms with Crippen LogP contribution in [0.5, 0.6) is 5.75 Å². The quantitative estimate of drug-likeness (QED) is 0.707. The third kappa shape index (κ3) is 3.47. The minimum atomic E-state index is -0.304. The summed E-state index contributed by atoms with van der Waals surface area (Å²) in [5.74, 6) is -0.156. The Balaban J connectivity index is 1.61. The third-order valence-electron chi connectivity index (χ3n) is 6.07. The maximum absolute atomic E-state index is 13.3. The fraction of sp³-hybridized carbons (Fsp3) is 0.375. The van der Waals surface area contributed by atoms with Crippen LogP contribution in [0.15, 0.2) is 42.5 Å². The van der Waals surface area contributed by atoms with E-state index in [1.807, 2.05) is 4.90 Å². The molecule has 1 saturated heterocycles. The Morgan fingerprint density at radius 2 is 1.77 bits per heavy atom. The number of carbonyl (C=O) groups is 3. The number of hydrogen-bond acceptors (Lipinski definition) is 4. The van der Waals surface area contributed by atoms with Crippen LogP contribution in [0.1, 0.15) is 69.2 Å². The second-order valence-corrected chi connectivity index (χ2v) is 7.83. The third-order valence-corrected chi connectivity index (χ3v) is 6.07. The molecule has 0 aromatic heterocycles. The first-order valence-electron chi connectivity index (χ1n) is 10.5. The number of ether oxygens (including phenoxy) is 1. The molecular weight excluding hydrogens is 380 g/mol. The number of nitrogens with zero attached hydrogens (tertiary/aromatic N) is 2. The molecule has 0 aliphatic carbocycles. The van der Waals surface area contributed by atoms with Crippen molar-refractivity contribution in [1.82, 2.24) is 9.80 Å². The van der Waals surface area contributed by atoms with E-state index in [2.05, 4.69) is 6.92 Å². The maximum atomic E-state index is 13.3. The molecule has 1 atom stereocenters. The number of piperidine rings is 1. The molecule has 6 heteroatoms. The molecule has 0 radical (unpaired) electrons. The van der Waals surface area contributed by atoms with Crippen molar-refractivity contribution in [2.24, 2.45) is 0 Å². The SMILES string of the molecule is CCC1CCCCN1C(=O)c1cc(CN2C(=O)c3ccccc3C2=O)ccc1OC. The van der Waals surface area contributed by atoms with Crippen molar-refractivity contribution in [3.05, 3.63) is 64.7 Å². The number of fused-ring (bicyclic) bond motifs is 1. The van der Waals surface area contributed by atoms with Gasteiger partial charge in [0.2, 0.25) is 0 Å². The molecule has 3 amide bonds. The van der Waals surface area contributed by atoms with Crippen LogP contribution >= 0.6 is 0 Å². The average Bonchev–Trinajstić information content (AvgIpc) is 3.03. The van der Waals surface area contributed by atoms with Gasteiger partial charge >= 0.3 is 0 Å². The summed E-state index contributed by atoms with van der Waals surface area (Å²) in [7, 11) is 1.55. The highest BCUT2D eigenvalue weighted by Crippen LogP contribution is 2.29. The highest BCUT2D eigenvalue weighted by Gasteiger charge is 2.35. The molecular formula is C24H26N2O4. The smallest absolute Gasteiger partial charge is 0.261 e. The molecule has 1 fully saturated rings. The Morgan fingerprint density at radius 3 is 2.40 bits per heavy atom. The van der Waals surface area contributed by atoms with Crippen molar-refractivity contribution in [1.29, 1.82) is 0 Å². The van der Waals surface area contributed by atoms with Gasteiger partial charge < -0.3 is 9.64 Å². The van der Waals surface area contributed by atoms with Gasteiger partial charge in [-0.1, -0.05) is 25.1 Å². The zero-order chi connectivity index (χ0) is 21.3. The van der Waals surface area contributed by atoms with Gasteiger partial charge in [0.15, 0.2) is 0 Å². The molecule has 0 saturated carbocycles. The first-order chi connectivity index (χ1) is 14.5. The van der Waals surface area contributed by atoms with Gasteiger partial charge in [-0.15, -0.1) is 0 Å². The normalized spacial score (nSPS) is 18.5. The molecule has 6 nitrogen and oxygen atoms in total. The fourth-order valence-corrected chi connectivity index (χ4v) is 4.43. The molecule has 0 bridgehead atoms. The summed E-state index contributed by atoms with van der Waals surface area (Å²) in [5, 5.41) is 0. The summed E-state index contributed by atoms with van der Waals surface area (Å²) in [4.78, 5) is 41.9. The molecule has 30 heavy (non-hydrogen) atoms. The molecule has 0 N–H and O–H groups in total. The predicted molar refractivity (Wildman–Crippen MR) is 113 cm³/mol. The molecule has 2 aromatic carbocycles. The van der Waals surface area contributed by atoms with Gasteiger partial charge in [0, 0.05) is 12.6 Å². The van der Waals surface area contributed by atoms with Gasteiger partial charge in [0.1, 0.15) is 5.75 Å². The Labute approximate surface area is 176 Å². The minimum absolute atomic E-state index is 0.0531. The monoisotopic (exact) mass is 406 g/mol. The largest absolute Gasteiger partial charge is 0.496 e. The van der Waals surface area contributed by atoms with Crippen molar-refractivity contribution >= 4 is 17.7 Å². The van der Waals surface area contributed by atoms with E-state index in [9.17, 15) is 14.4 Å². The molecule has 0 spiro atoms. The van der Waals surface area contributed by atoms with Crippen LogP contribution in [0.4, 0.5) is 0 Å². The van der Waals surface area contributed by atoms with E-state index in [1.54, 1.807) is 49.6 Å². The molecule has 2 aliphatic heterocycles. The Morgan fingerprint density at radius 1 is 1.07 bits per heavy atom. The van der Waals surface area contributed by atoms with Crippen molar-refractivity contribution < 1.29 is 19.1 Å². The van der Waals surface area contributed by atoms with Crippen LogP contribution in [0.25, 0.3) is 0 Å². The van der Waals surface area contributed by atoms with Crippen molar-refractivity contribution in [2.45, 2.75) is 45.2 Å². The van der Waals surface area contributed by atoms with Gasteiger partial charge in [-0.25, -0.2) is 0 Å². The molecule has 2 aliphatic rings. The molecule has 4 rings (SSSR count). The molecule has 156 valence electrons. The number of benzene rings is 2. The van der Waals surface area contributed by atoms with Crippen LogP contribution in [-0.2, 0) is 6.54 Å². The van der Waals surface area contributed by atoms with Crippen LogP contribution in [0, 0.1) is 0 Å². The standard InChI is InChI=1S/C24H26N2O4/c1-3-17-8-6-7-13-25(17)24(29)20-14-16(11-12-21(20)30-2)15-26-22(27)18-9-4-5-10-19(18)23(26)28/h4-5,9-12,14,17H,3,6-8,13,15H2,1-2H3. The number of imide groups is 1. The number of amides is 3. The van der Waals surface area contributed by atoms with Crippen LogP contribution < -0.4 is 4.74 Å². The second-order valence-electron chi connectivity index (χ2n) is 7.83. The van der Waals surface area contributed by atoms with E-state index in [0.29, 0.717) is 22.4 Å². The lowest BCUT2D eigenvalue weighted by molar-refractivity contribution is 0.0604. The van der Waals surface area contributed by atoms with E-state index in [0.717, 1.165) is 37.8 Å². The van der Waals surface area contributed by atoms with Crippen LogP contribution in [-0.4, -0.2) is 47.2 Å². The summed E-state index contributed by atoms with van der Waals surface area (Å²) in [6.45, 7) is 2.96. The van der Waals surface area contributed by atoms with E-state index in [-0.39, 0.29) is 30.3 Å². The first kappa shape index (κ1) is 20.1. The Kier molecular flexibility index (Phi) is 5.57. The van der Waals surface area contributed by atoms with Crippen LogP contribution in [0.2, 0.25) is 0 Å². The molecule has 1 unspecified atom stereocenters. The fourth-order valence-electron chi connectivity index (χ4n) is 4.43. The van der Waals surface area contributed by atoms with E-state index in [1.165, 1.54) is 4.90 Å². The first-order valence-corrected chi connectivity index (χ1v) is 10.5. The Hall–Kier alpha value is -3.15. The topological polar surface area (TPSA) is 66.9 Å². The highest BCUT2D eigenvalue weighted by molar-refractivity contribution is 6.21. The number of carbonyl (C=O) groups excluding carboxylic acids is 3. The zero-order valence-corrected chi connectivity index (χ0v) is 17.4. The number of likely N-dealkylation sites (tertiary alicyclic amines) is 1. The molecule has 2 heterocycles. The van der Waals surface area contributed by atoms with Gasteiger partial charge in [-0.2, -0.15) is 0 Å². The summed E-state index contributed by atoms with van der Waals surface area (Å²) >= 11 is 0. The summed E-state index contributed by atoms with van der Waals surface area (Å²) in [5.41, 5.74) is 2.04. The summed E-state index contributed by atoms with van der Waals surface area (Å²) in [6, 6.07) is 12.4. The van der Waals surface area contributed by atoms with Crippen molar-refractivity contribution in [2.75, 3.05) is 13.7 Å². The van der Waals surface area contributed by atoms with Crippen molar-refractivity contribution in [3.8, 4) is 5.75 Å². The maximum Gasteiger partial charge on any atom is 0.261 e. The lowest BCUT2D eigenvalue weighted by atomic mass is 9.98. The zero-order valence-electron chi connectivity index (χ0n) is 17.4. The van der Waals surface area contributed by atoms with Crippen LogP contribution in [0.3, 0.4) is 0 Å².